The van der Waals surface area contributed by atoms with Gasteiger partial charge in [0.15, 0.2) is 0 Å². The van der Waals surface area contributed by atoms with E-state index < -0.39 is 0 Å². The molecule has 24 heavy (non-hydrogen) atoms. The predicted octanol–water partition coefficient (Wildman–Crippen LogP) is 1.60. The van der Waals surface area contributed by atoms with Gasteiger partial charge in [0.05, 0.1) is 13.2 Å². The van der Waals surface area contributed by atoms with E-state index in [-0.39, 0.29) is 5.41 Å². The van der Waals surface area contributed by atoms with Gasteiger partial charge in [0.1, 0.15) is 0 Å². The molecule has 4 heterocycles. The molecule has 2 aliphatic rings. The molecule has 2 aliphatic heterocycles. The first-order chi connectivity index (χ1) is 11.8. The summed E-state index contributed by atoms with van der Waals surface area (Å²) in [6, 6.07) is 6.05. The van der Waals surface area contributed by atoms with E-state index in [0.29, 0.717) is 0 Å². The highest BCUT2D eigenvalue weighted by molar-refractivity contribution is 5.32. The molecule has 6 nitrogen and oxygen atoms in total. The molecule has 0 amide bonds. The van der Waals surface area contributed by atoms with Crippen molar-refractivity contribution in [1.29, 1.82) is 0 Å². The van der Waals surface area contributed by atoms with Crippen LogP contribution in [-0.4, -0.2) is 59.2 Å². The molecule has 1 spiro atoms. The van der Waals surface area contributed by atoms with Crippen molar-refractivity contribution in [2.45, 2.75) is 13.0 Å². The quantitative estimate of drug-likeness (QED) is 0.854. The Balaban J connectivity index is 1.46. The lowest BCUT2D eigenvalue weighted by Gasteiger charge is -2.31. The summed E-state index contributed by atoms with van der Waals surface area (Å²) in [6.07, 6.45) is 8.48. The molecule has 0 radical (unpaired) electrons. The topological polar surface area (TPSA) is 54.4 Å². The third kappa shape index (κ3) is 3.39. The molecule has 0 aromatic carbocycles. The van der Waals surface area contributed by atoms with Gasteiger partial charge in [-0.25, -0.2) is 9.97 Å². The third-order valence-corrected chi connectivity index (χ3v) is 4.95. The minimum atomic E-state index is 0.169. The molecule has 2 aromatic rings. The summed E-state index contributed by atoms with van der Waals surface area (Å²) in [7, 11) is 0. The highest BCUT2D eigenvalue weighted by atomic mass is 16.5. The Labute approximate surface area is 142 Å². The molecule has 0 bridgehead atoms. The molecule has 0 aliphatic carbocycles. The Morgan fingerprint density at radius 1 is 1.04 bits per heavy atom. The van der Waals surface area contributed by atoms with Gasteiger partial charge in [-0.2, -0.15) is 0 Å². The summed E-state index contributed by atoms with van der Waals surface area (Å²) in [5.74, 6) is 0.833. The fraction of sp³-hybridized carbons (Fsp3) is 0.500. The van der Waals surface area contributed by atoms with Crippen molar-refractivity contribution < 1.29 is 4.74 Å². The van der Waals surface area contributed by atoms with E-state index in [1.165, 1.54) is 5.56 Å². The Kier molecular flexibility index (Phi) is 4.40. The summed E-state index contributed by atoms with van der Waals surface area (Å²) >= 11 is 0. The SMILES string of the molecule is c1cnc(N2CC[C@]3(COCCN(Cc4ccncc4)C3)C2)nc1. The van der Waals surface area contributed by atoms with Crippen molar-refractivity contribution in [3.05, 3.63) is 48.5 Å². The lowest BCUT2D eigenvalue weighted by atomic mass is 9.87. The lowest BCUT2D eigenvalue weighted by Crippen LogP contribution is -2.40. The van der Waals surface area contributed by atoms with Crippen LogP contribution < -0.4 is 4.90 Å². The van der Waals surface area contributed by atoms with Gasteiger partial charge in [0.25, 0.3) is 0 Å². The summed E-state index contributed by atoms with van der Waals surface area (Å²) in [6.45, 7) is 6.57. The van der Waals surface area contributed by atoms with Gasteiger partial charge in [0.2, 0.25) is 5.95 Å². The minimum Gasteiger partial charge on any atom is -0.379 e. The van der Waals surface area contributed by atoms with Crippen LogP contribution in [0.3, 0.4) is 0 Å². The van der Waals surface area contributed by atoms with Crippen LogP contribution in [0, 0.1) is 5.41 Å². The van der Waals surface area contributed by atoms with Crippen molar-refractivity contribution in [1.82, 2.24) is 19.9 Å². The lowest BCUT2D eigenvalue weighted by molar-refractivity contribution is 0.0798. The summed E-state index contributed by atoms with van der Waals surface area (Å²) < 4.78 is 5.96. The number of nitrogens with zero attached hydrogens (tertiary/aromatic N) is 5. The number of pyridine rings is 1. The van der Waals surface area contributed by atoms with Crippen molar-refractivity contribution in [2.75, 3.05) is 44.3 Å². The van der Waals surface area contributed by atoms with Gasteiger partial charge >= 0.3 is 0 Å². The molecule has 6 heteroatoms. The summed E-state index contributed by atoms with van der Waals surface area (Å²) in [5, 5.41) is 0. The van der Waals surface area contributed by atoms with Crippen LogP contribution in [0.4, 0.5) is 5.95 Å². The average Bonchev–Trinajstić information content (AvgIpc) is 2.94. The molecule has 2 saturated heterocycles. The zero-order chi connectivity index (χ0) is 16.2. The molecule has 4 rings (SSSR count). The van der Waals surface area contributed by atoms with E-state index in [1.54, 1.807) is 0 Å². The fourth-order valence-electron chi connectivity index (χ4n) is 3.77. The normalized spacial score (nSPS) is 25.1. The van der Waals surface area contributed by atoms with Crippen LogP contribution in [0.15, 0.2) is 43.0 Å². The first-order valence-corrected chi connectivity index (χ1v) is 8.54. The number of aromatic nitrogens is 3. The average molecular weight is 325 g/mol. The van der Waals surface area contributed by atoms with Gasteiger partial charge in [-0.1, -0.05) is 0 Å². The third-order valence-electron chi connectivity index (χ3n) is 4.95. The smallest absolute Gasteiger partial charge is 0.225 e. The van der Waals surface area contributed by atoms with Crippen LogP contribution in [0.2, 0.25) is 0 Å². The van der Waals surface area contributed by atoms with Crippen LogP contribution >= 0.6 is 0 Å². The molecular formula is C18H23N5O. The monoisotopic (exact) mass is 325 g/mol. The van der Waals surface area contributed by atoms with Gasteiger partial charge in [-0.3, -0.25) is 9.88 Å². The van der Waals surface area contributed by atoms with Crippen molar-refractivity contribution in [3.63, 3.8) is 0 Å². The molecule has 0 N–H and O–H groups in total. The number of hydrogen-bond acceptors (Lipinski definition) is 6. The fourth-order valence-corrected chi connectivity index (χ4v) is 3.77. The Hall–Kier alpha value is -2.05. The van der Waals surface area contributed by atoms with E-state index in [9.17, 15) is 0 Å². The van der Waals surface area contributed by atoms with Crippen LogP contribution in [-0.2, 0) is 11.3 Å². The molecule has 1 atom stereocenters. The standard InChI is InChI=1S/C18H23N5O/c1-5-20-17(21-6-1)23-9-4-18(14-23)13-22(10-11-24-15-18)12-16-2-7-19-8-3-16/h1-3,5-8H,4,9-15H2/t18-/m1/s1. The van der Waals surface area contributed by atoms with Gasteiger partial charge in [-0.05, 0) is 30.2 Å². The van der Waals surface area contributed by atoms with Crippen LogP contribution in [0.25, 0.3) is 0 Å². The Morgan fingerprint density at radius 2 is 1.88 bits per heavy atom. The maximum absolute atomic E-state index is 5.96. The zero-order valence-corrected chi connectivity index (χ0v) is 13.8. The Morgan fingerprint density at radius 3 is 2.71 bits per heavy atom. The largest absolute Gasteiger partial charge is 0.379 e. The molecular weight excluding hydrogens is 302 g/mol. The van der Waals surface area contributed by atoms with Gasteiger partial charge < -0.3 is 9.64 Å². The second kappa shape index (κ2) is 6.83. The molecule has 2 fully saturated rings. The minimum absolute atomic E-state index is 0.169. The van der Waals surface area contributed by atoms with E-state index in [2.05, 4.69) is 36.9 Å². The first kappa shape index (κ1) is 15.5. The first-order valence-electron chi connectivity index (χ1n) is 8.54. The zero-order valence-electron chi connectivity index (χ0n) is 13.8. The molecule has 2 aromatic heterocycles. The van der Waals surface area contributed by atoms with Crippen molar-refractivity contribution in [2.24, 2.45) is 5.41 Å². The maximum atomic E-state index is 5.96. The van der Waals surface area contributed by atoms with Crippen molar-refractivity contribution in [3.8, 4) is 0 Å². The van der Waals surface area contributed by atoms with E-state index in [4.69, 9.17) is 4.74 Å². The predicted molar refractivity (Wildman–Crippen MR) is 91.6 cm³/mol. The van der Waals surface area contributed by atoms with E-state index in [1.807, 2.05) is 30.9 Å². The second-order valence-electron chi connectivity index (χ2n) is 6.84. The van der Waals surface area contributed by atoms with Gasteiger partial charge in [0, 0.05) is 62.9 Å². The van der Waals surface area contributed by atoms with E-state index >= 15 is 0 Å². The maximum Gasteiger partial charge on any atom is 0.225 e. The molecule has 0 saturated carbocycles. The number of rotatable bonds is 3. The second-order valence-corrected chi connectivity index (χ2v) is 6.84. The number of anilines is 1. The van der Waals surface area contributed by atoms with Crippen LogP contribution in [0.5, 0.6) is 0 Å². The van der Waals surface area contributed by atoms with Crippen LogP contribution in [0.1, 0.15) is 12.0 Å². The van der Waals surface area contributed by atoms with Gasteiger partial charge in [-0.15, -0.1) is 0 Å². The highest BCUT2D eigenvalue weighted by Gasteiger charge is 2.41. The molecule has 0 unspecified atom stereocenters. The van der Waals surface area contributed by atoms with E-state index in [0.717, 1.165) is 58.3 Å². The highest BCUT2D eigenvalue weighted by Crippen LogP contribution is 2.35. The summed E-state index contributed by atoms with van der Waals surface area (Å²) in [4.78, 5) is 17.7. The number of ether oxygens (including phenoxy) is 1. The van der Waals surface area contributed by atoms with Crippen molar-refractivity contribution >= 4 is 5.95 Å². The summed E-state index contributed by atoms with van der Waals surface area (Å²) in [5.41, 5.74) is 1.48. The molecule has 126 valence electrons. The Bertz CT molecular complexity index is 653. The number of hydrogen-bond donors (Lipinski definition) is 0.